The molecule has 1 N–H and O–H groups in total. The Kier molecular flexibility index (Phi) is 5.87. The van der Waals surface area contributed by atoms with Crippen LogP contribution in [0.15, 0.2) is 33.9 Å². The first-order valence-electron chi connectivity index (χ1n) is 8.08. The molecule has 3 rings (SSSR count). The summed E-state index contributed by atoms with van der Waals surface area (Å²) in [7, 11) is 0. The molecular formula is C17H21N3O3S. The molecule has 1 aliphatic heterocycles. The molecule has 0 aliphatic carbocycles. The van der Waals surface area contributed by atoms with Crippen LogP contribution in [-0.4, -0.2) is 35.8 Å². The smallest absolute Gasteiger partial charge is 0.254 e. The van der Waals surface area contributed by atoms with Crippen LogP contribution in [0, 0.1) is 12.8 Å². The second-order valence-corrected chi connectivity index (χ2v) is 6.83. The summed E-state index contributed by atoms with van der Waals surface area (Å²) in [5.74, 6) is 1.70. The highest BCUT2D eigenvalue weighted by atomic mass is 32.2. The molecule has 7 heteroatoms. The minimum Gasteiger partial charge on any atom is -0.381 e. The topological polar surface area (TPSA) is 77.2 Å². The summed E-state index contributed by atoms with van der Waals surface area (Å²) in [5.41, 5.74) is 1.44. The SMILES string of the molecule is Cc1cc(CSc2ncccc2C(=O)NC[C@H]2CCCOC2)no1. The molecule has 0 spiro atoms. The minimum atomic E-state index is -0.0903. The maximum absolute atomic E-state index is 12.5. The van der Waals surface area contributed by atoms with Gasteiger partial charge < -0.3 is 14.6 Å². The number of nitrogens with zero attached hydrogens (tertiary/aromatic N) is 2. The van der Waals surface area contributed by atoms with E-state index >= 15 is 0 Å². The molecule has 24 heavy (non-hydrogen) atoms. The van der Waals surface area contributed by atoms with Crippen LogP contribution >= 0.6 is 11.8 Å². The highest BCUT2D eigenvalue weighted by molar-refractivity contribution is 7.98. The summed E-state index contributed by atoms with van der Waals surface area (Å²) in [6.45, 7) is 4.05. The van der Waals surface area contributed by atoms with Crippen LogP contribution in [0.3, 0.4) is 0 Å². The van der Waals surface area contributed by atoms with E-state index < -0.39 is 0 Å². The maximum Gasteiger partial charge on any atom is 0.254 e. The lowest BCUT2D eigenvalue weighted by Gasteiger charge is -2.22. The molecule has 0 unspecified atom stereocenters. The molecule has 0 saturated carbocycles. The van der Waals surface area contributed by atoms with Crippen molar-refractivity contribution < 1.29 is 14.1 Å². The molecule has 0 bridgehead atoms. The Morgan fingerprint density at radius 1 is 1.50 bits per heavy atom. The number of carbonyl (C=O) groups is 1. The lowest BCUT2D eigenvalue weighted by molar-refractivity contribution is 0.0536. The summed E-state index contributed by atoms with van der Waals surface area (Å²) in [6, 6.07) is 5.47. The van der Waals surface area contributed by atoms with Crippen LogP contribution in [0.2, 0.25) is 0 Å². The summed E-state index contributed by atoms with van der Waals surface area (Å²) in [6.07, 6.45) is 3.86. The number of ether oxygens (including phenoxy) is 1. The van der Waals surface area contributed by atoms with E-state index in [2.05, 4.69) is 15.5 Å². The average molecular weight is 347 g/mol. The van der Waals surface area contributed by atoms with E-state index in [1.165, 1.54) is 11.8 Å². The molecule has 1 amide bonds. The molecule has 1 saturated heterocycles. The molecule has 1 aliphatic rings. The van der Waals surface area contributed by atoms with E-state index in [4.69, 9.17) is 9.26 Å². The van der Waals surface area contributed by atoms with Gasteiger partial charge in [-0.05, 0) is 37.8 Å². The first-order valence-corrected chi connectivity index (χ1v) is 9.07. The molecule has 6 nitrogen and oxygen atoms in total. The van der Waals surface area contributed by atoms with Gasteiger partial charge in [0.05, 0.1) is 17.9 Å². The molecule has 2 aromatic heterocycles. The third kappa shape index (κ3) is 4.58. The van der Waals surface area contributed by atoms with Gasteiger partial charge in [0.15, 0.2) is 0 Å². The standard InChI is InChI=1S/C17H21N3O3S/c1-12-8-14(20-23-12)11-24-17-15(5-2-6-18-17)16(21)19-9-13-4-3-7-22-10-13/h2,5-6,8,13H,3-4,7,9-11H2,1H3,(H,19,21)/t13-/m1/s1. The number of hydrogen-bond donors (Lipinski definition) is 1. The predicted molar refractivity (Wildman–Crippen MR) is 90.9 cm³/mol. The number of carbonyl (C=O) groups excluding carboxylic acids is 1. The van der Waals surface area contributed by atoms with Crippen molar-refractivity contribution in [2.24, 2.45) is 5.92 Å². The van der Waals surface area contributed by atoms with E-state index in [9.17, 15) is 4.79 Å². The number of rotatable bonds is 6. The average Bonchev–Trinajstić information content (AvgIpc) is 3.04. The van der Waals surface area contributed by atoms with Crippen molar-refractivity contribution in [1.82, 2.24) is 15.5 Å². The van der Waals surface area contributed by atoms with Crippen LogP contribution in [0.1, 0.15) is 34.7 Å². The Morgan fingerprint density at radius 3 is 3.17 bits per heavy atom. The fraction of sp³-hybridized carbons (Fsp3) is 0.471. The molecule has 1 atom stereocenters. The van der Waals surface area contributed by atoms with Crippen LogP contribution < -0.4 is 5.32 Å². The molecular weight excluding hydrogens is 326 g/mol. The lowest BCUT2D eigenvalue weighted by Crippen LogP contribution is -2.33. The van der Waals surface area contributed by atoms with Gasteiger partial charge in [-0.3, -0.25) is 4.79 Å². The second kappa shape index (κ2) is 8.30. The van der Waals surface area contributed by atoms with Crippen molar-refractivity contribution in [3.63, 3.8) is 0 Å². The van der Waals surface area contributed by atoms with Crippen molar-refractivity contribution in [1.29, 1.82) is 0 Å². The number of thioether (sulfide) groups is 1. The Bertz CT molecular complexity index is 683. The van der Waals surface area contributed by atoms with Gasteiger partial charge in [-0.25, -0.2) is 4.98 Å². The summed E-state index contributed by atoms with van der Waals surface area (Å²) < 4.78 is 10.5. The van der Waals surface area contributed by atoms with Gasteiger partial charge in [0.25, 0.3) is 5.91 Å². The Hall–Kier alpha value is -1.86. The van der Waals surface area contributed by atoms with E-state index in [0.717, 1.165) is 37.5 Å². The number of aromatic nitrogens is 2. The van der Waals surface area contributed by atoms with Crippen molar-refractivity contribution in [2.45, 2.75) is 30.5 Å². The largest absolute Gasteiger partial charge is 0.381 e. The quantitative estimate of drug-likeness (QED) is 0.810. The zero-order valence-electron chi connectivity index (χ0n) is 13.7. The minimum absolute atomic E-state index is 0.0903. The van der Waals surface area contributed by atoms with Crippen LogP contribution in [-0.2, 0) is 10.5 Å². The van der Waals surface area contributed by atoms with Crippen LogP contribution in [0.25, 0.3) is 0 Å². The Labute approximate surface area is 145 Å². The molecule has 1 fully saturated rings. The maximum atomic E-state index is 12.5. The number of nitrogens with one attached hydrogen (secondary N) is 1. The summed E-state index contributed by atoms with van der Waals surface area (Å²) in [5, 5.41) is 7.67. The fourth-order valence-electron chi connectivity index (χ4n) is 2.61. The summed E-state index contributed by atoms with van der Waals surface area (Å²) in [4.78, 5) is 16.8. The zero-order valence-corrected chi connectivity index (χ0v) is 14.5. The fourth-order valence-corrected chi connectivity index (χ4v) is 3.48. The number of aryl methyl sites for hydroxylation is 1. The molecule has 0 aromatic carbocycles. The second-order valence-electron chi connectivity index (χ2n) is 5.87. The number of hydrogen-bond acceptors (Lipinski definition) is 6. The van der Waals surface area contributed by atoms with E-state index in [1.807, 2.05) is 13.0 Å². The lowest BCUT2D eigenvalue weighted by atomic mass is 10.0. The molecule has 0 radical (unpaired) electrons. The van der Waals surface area contributed by atoms with E-state index in [-0.39, 0.29) is 5.91 Å². The predicted octanol–water partition coefficient (Wildman–Crippen LogP) is 2.83. The first-order chi connectivity index (χ1) is 11.7. The van der Waals surface area contributed by atoms with E-state index in [1.54, 1.807) is 18.3 Å². The van der Waals surface area contributed by atoms with Crippen LogP contribution in [0.5, 0.6) is 0 Å². The number of pyridine rings is 1. The van der Waals surface area contributed by atoms with Gasteiger partial charge in [-0.1, -0.05) is 16.9 Å². The summed E-state index contributed by atoms with van der Waals surface area (Å²) >= 11 is 1.48. The van der Waals surface area contributed by atoms with Gasteiger partial charge in [0.2, 0.25) is 0 Å². The Balaban J connectivity index is 1.58. The van der Waals surface area contributed by atoms with Gasteiger partial charge in [-0.2, -0.15) is 0 Å². The third-order valence-electron chi connectivity index (χ3n) is 3.86. The molecule has 2 aromatic rings. The third-order valence-corrected chi connectivity index (χ3v) is 4.89. The highest BCUT2D eigenvalue weighted by Crippen LogP contribution is 2.24. The zero-order chi connectivity index (χ0) is 16.8. The molecule has 128 valence electrons. The number of amides is 1. The van der Waals surface area contributed by atoms with Gasteiger partial charge in [-0.15, -0.1) is 0 Å². The van der Waals surface area contributed by atoms with Gasteiger partial charge in [0, 0.05) is 31.2 Å². The Morgan fingerprint density at radius 2 is 2.42 bits per heavy atom. The monoisotopic (exact) mass is 347 g/mol. The van der Waals surface area contributed by atoms with Crippen LogP contribution in [0.4, 0.5) is 0 Å². The van der Waals surface area contributed by atoms with Crippen molar-refractivity contribution in [2.75, 3.05) is 19.8 Å². The first kappa shape index (κ1) is 17.0. The van der Waals surface area contributed by atoms with Crippen molar-refractivity contribution in [3.8, 4) is 0 Å². The van der Waals surface area contributed by atoms with Gasteiger partial charge in [0.1, 0.15) is 10.8 Å². The van der Waals surface area contributed by atoms with Gasteiger partial charge >= 0.3 is 0 Å². The molecule has 3 heterocycles. The van der Waals surface area contributed by atoms with E-state index in [0.29, 0.717) is 28.8 Å². The van der Waals surface area contributed by atoms with Crippen molar-refractivity contribution >= 4 is 17.7 Å². The highest BCUT2D eigenvalue weighted by Gasteiger charge is 2.17. The van der Waals surface area contributed by atoms with Crippen molar-refractivity contribution in [3.05, 3.63) is 41.4 Å². The normalized spacial score (nSPS) is 17.6.